The van der Waals surface area contributed by atoms with E-state index >= 15 is 0 Å². The zero-order valence-electron chi connectivity index (χ0n) is 11.2. The second kappa shape index (κ2) is 6.97. The molecule has 0 bridgehead atoms. The molecule has 6 heteroatoms. The summed E-state index contributed by atoms with van der Waals surface area (Å²) in [4.78, 5) is 1.09. The topological polar surface area (TPSA) is 47.9 Å². The molecule has 0 amide bonds. The van der Waals surface area contributed by atoms with E-state index in [0.717, 1.165) is 9.35 Å². The number of rotatable bonds is 6. The molecule has 1 aromatic carbocycles. The summed E-state index contributed by atoms with van der Waals surface area (Å²) in [5.41, 5.74) is 0.713. The Morgan fingerprint density at radius 3 is 2.25 bits per heavy atom. The summed E-state index contributed by atoms with van der Waals surface area (Å²) >= 11 is 5.02. The van der Waals surface area contributed by atoms with Crippen molar-refractivity contribution in [3.05, 3.63) is 38.5 Å². The molecule has 0 aliphatic rings. The molecule has 20 heavy (non-hydrogen) atoms. The minimum absolute atomic E-state index is 0.0785. The van der Waals surface area contributed by atoms with Crippen molar-refractivity contribution >= 4 is 27.3 Å². The first-order valence-corrected chi connectivity index (χ1v) is 7.56. The third-order valence-electron chi connectivity index (χ3n) is 2.68. The normalized spacial score (nSPS) is 10.4. The summed E-state index contributed by atoms with van der Waals surface area (Å²) in [6.45, 7) is 0.354. The van der Waals surface area contributed by atoms with Crippen LogP contribution in [0.5, 0.6) is 17.2 Å². The SMILES string of the molecule is COc1cc(CO)cc(OC)c1OCc1cc(Br)cs1. The van der Waals surface area contributed by atoms with Gasteiger partial charge < -0.3 is 19.3 Å². The number of thiophene rings is 1. The number of ether oxygens (including phenoxy) is 3. The minimum atomic E-state index is -0.0785. The lowest BCUT2D eigenvalue weighted by atomic mass is 10.2. The summed E-state index contributed by atoms with van der Waals surface area (Å²) in [7, 11) is 3.12. The van der Waals surface area contributed by atoms with Crippen LogP contribution in [-0.2, 0) is 13.2 Å². The van der Waals surface area contributed by atoms with Crippen LogP contribution in [0.1, 0.15) is 10.4 Å². The molecule has 1 heterocycles. The van der Waals surface area contributed by atoms with Crippen LogP contribution in [0.3, 0.4) is 0 Å². The van der Waals surface area contributed by atoms with Crippen molar-refractivity contribution in [3.8, 4) is 17.2 Å². The average Bonchev–Trinajstić information content (AvgIpc) is 2.89. The monoisotopic (exact) mass is 358 g/mol. The number of halogens is 1. The summed E-state index contributed by atoms with van der Waals surface area (Å²) in [5.74, 6) is 1.63. The van der Waals surface area contributed by atoms with Crippen LogP contribution in [0.15, 0.2) is 28.1 Å². The molecular weight excluding hydrogens is 344 g/mol. The standard InChI is InChI=1S/C14H15BrO4S/c1-17-12-3-9(6-16)4-13(18-2)14(12)19-7-11-5-10(15)8-20-11/h3-5,8,16H,6-7H2,1-2H3. The Labute approximate surface area is 130 Å². The van der Waals surface area contributed by atoms with Gasteiger partial charge in [0, 0.05) is 14.7 Å². The molecule has 0 atom stereocenters. The molecule has 0 radical (unpaired) electrons. The largest absolute Gasteiger partial charge is 0.493 e. The van der Waals surface area contributed by atoms with Gasteiger partial charge in [-0.25, -0.2) is 0 Å². The average molecular weight is 359 g/mol. The highest BCUT2D eigenvalue weighted by Gasteiger charge is 2.14. The van der Waals surface area contributed by atoms with Crippen molar-refractivity contribution in [2.45, 2.75) is 13.2 Å². The predicted octanol–water partition coefficient (Wildman–Crippen LogP) is 3.60. The predicted molar refractivity (Wildman–Crippen MR) is 81.8 cm³/mol. The van der Waals surface area contributed by atoms with Gasteiger partial charge in [0.05, 0.1) is 20.8 Å². The highest BCUT2D eigenvalue weighted by atomic mass is 79.9. The van der Waals surface area contributed by atoms with Crippen molar-refractivity contribution < 1.29 is 19.3 Å². The number of aliphatic hydroxyl groups is 1. The van der Waals surface area contributed by atoms with E-state index in [0.29, 0.717) is 29.4 Å². The molecule has 2 aromatic rings. The fourth-order valence-corrected chi connectivity index (χ4v) is 3.10. The lowest BCUT2D eigenvalue weighted by Crippen LogP contribution is -2.00. The van der Waals surface area contributed by atoms with E-state index in [9.17, 15) is 5.11 Å². The van der Waals surface area contributed by atoms with Gasteiger partial charge in [-0.15, -0.1) is 11.3 Å². The first-order valence-electron chi connectivity index (χ1n) is 5.89. The van der Waals surface area contributed by atoms with Gasteiger partial charge in [-0.05, 0) is 39.7 Å². The van der Waals surface area contributed by atoms with Gasteiger partial charge >= 0.3 is 0 Å². The molecule has 108 valence electrons. The number of hydrogen-bond acceptors (Lipinski definition) is 5. The van der Waals surface area contributed by atoms with E-state index in [1.165, 1.54) is 0 Å². The van der Waals surface area contributed by atoms with Crippen LogP contribution in [0.2, 0.25) is 0 Å². The van der Waals surface area contributed by atoms with Gasteiger partial charge in [0.2, 0.25) is 5.75 Å². The molecule has 0 saturated carbocycles. The Morgan fingerprint density at radius 1 is 1.15 bits per heavy atom. The van der Waals surface area contributed by atoms with E-state index in [-0.39, 0.29) is 6.61 Å². The van der Waals surface area contributed by atoms with Crippen LogP contribution in [0, 0.1) is 0 Å². The number of methoxy groups -OCH3 is 2. The molecule has 0 saturated heterocycles. The molecule has 0 aliphatic heterocycles. The number of aliphatic hydroxyl groups excluding tert-OH is 1. The zero-order chi connectivity index (χ0) is 14.5. The summed E-state index contributed by atoms with van der Waals surface area (Å²) < 4.78 is 17.4. The maximum atomic E-state index is 9.22. The quantitative estimate of drug-likeness (QED) is 0.856. The molecule has 0 aliphatic carbocycles. The fraction of sp³-hybridized carbons (Fsp3) is 0.286. The third kappa shape index (κ3) is 3.45. The molecule has 2 rings (SSSR count). The van der Waals surface area contributed by atoms with Crippen LogP contribution < -0.4 is 14.2 Å². The second-order valence-electron chi connectivity index (χ2n) is 4.01. The maximum absolute atomic E-state index is 9.22. The van der Waals surface area contributed by atoms with Crippen molar-refractivity contribution in [1.82, 2.24) is 0 Å². The Morgan fingerprint density at radius 2 is 1.80 bits per heavy atom. The molecule has 1 N–H and O–H groups in total. The van der Waals surface area contributed by atoms with E-state index in [1.54, 1.807) is 37.7 Å². The molecule has 0 spiro atoms. The second-order valence-corrected chi connectivity index (χ2v) is 5.92. The summed E-state index contributed by atoms with van der Waals surface area (Å²) in [5, 5.41) is 11.2. The van der Waals surface area contributed by atoms with Crippen molar-refractivity contribution in [1.29, 1.82) is 0 Å². The minimum Gasteiger partial charge on any atom is -0.493 e. The van der Waals surface area contributed by atoms with Crippen LogP contribution in [-0.4, -0.2) is 19.3 Å². The lowest BCUT2D eigenvalue weighted by molar-refractivity contribution is 0.261. The first-order chi connectivity index (χ1) is 9.67. The number of benzene rings is 1. The summed E-state index contributed by atoms with van der Waals surface area (Å²) in [6.07, 6.45) is 0. The Balaban J connectivity index is 2.24. The Kier molecular flexibility index (Phi) is 5.28. The lowest BCUT2D eigenvalue weighted by Gasteiger charge is -2.15. The molecule has 4 nitrogen and oxygen atoms in total. The van der Waals surface area contributed by atoms with Gasteiger partial charge in [-0.1, -0.05) is 0 Å². The van der Waals surface area contributed by atoms with E-state index in [4.69, 9.17) is 14.2 Å². The van der Waals surface area contributed by atoms with Gasteiger partial charge in [-0.2, -0.15) is 0 Å². The van der Waals surface area contributed by atoms with E-state index < -0.39 is 0 Å². The van der Waals surface area contributed by atoms with Crippen LogP contribution in [0.25, 0.3) is 0 Å². The molecule has 1 aromatic heterocycles. The molecule has 0 fully saturated rings. The highest BCUT2D eigenvalue weighted by Crippen LogP contribution is 2.39. The fourth-order valence-electron chi connectivity index (χ4n) is 1.74. The molecule has 0 unspecified atom stereocenters. The smallest absolute Gasteiger partial charge is 0.203 e. The highest BCUT2D eigenvalue weighted by molar-refractivity contribution is 9.10. The first kappa shape index (κ1) is 15.2. The van der Waals surface area contributed by atoms with Crippen LogP contribution >= 0.6 is 27.3 Å². The van der Waals surface area contributed by atoms with Gasteiger partial charge in [-0.3, -0.25) is 0 Å². The van der Waals surface area contributed by atoms with Gasteiger partial charge in [0.25, 0.3) is 0 Å². The Bertz CT molecular complexity index is 557. The van der Waals surface area contributed by atoms with Crippen LogP contribution in [0.4, 0.5) is 0 Å². The van der Waals surface area contributed by atoms with Gasteiger partial charge in [0.1, 0.15) is 6.61 Å². The van der Waals surface area contributed by atoms with Crippen molar-refractivity contribution in [2.24, 2.45) is 0 Å². The maximum Gasteiger partial charge on any atom is 0.203 e. The van der Waals surface area contributed by atoms with Crippen molar-refractivity contribution in [3.63, 3.8) is 0 Å². The molecular formula is C14H15BrO4S. The van der Waals surface area contributed by atoms with Gasteiger partial charge in [0.15, 0.2) is 11.5 Å². The Hall–Kier alpha value is -1.24. The summed E-state index contributed by atoms with van der Waals surface area (Å²) in [6, 6.07) is 5.48. The third-order valence-corrected chi connectivity index (χ3v) is 4.35. The zero-order valence-corrected chi connectivity index (χ0v) is 13.6. The van der Waals surface area contributed by atoms with E-state index in [2.05, 4.69) is 15.9 Å². The number of hydrogen-bond donors (Lipinski definition) is 1. The van der Waals surface area contributed by atoms with Crippen molar-refractivity contribution in [2.75, 3.05) is 14.2 Å². The van der Waals surface area contributed by atoms with E-state index in [1.807, 2.05) is 11.4 Å².